The van der Waals surface area contributed by atoms with Crippen molar-refractivity contribution >= 4 is 33.9 Å². The van der Waals surface area contributed by atoms with Gasteiger partial charge in [-0.2, -0.15) is 0 Å². The van der Waals surface area contributed by atoms with E-state index in [1.165, 1.54) is 14.2 Å². The van der Waals surface area contributed by atoms with Crippen molar-refractivity contribution in [2.75, 3.05) is 45.5 Å². The molecule has 0 aliphatic heterocycles. The number of esters is 1. The highest BCUT2D eigenvalue weighted by molar-refractivity contribution is 7.19. The Morgan fingerprint density at radius 1 is 1.35 bits per heavy atom. The van der Waals surface area contributed by atoms with Crippen molar-refractivity contribution < 1.29 is 19.1 Å². The van der Waals surface area contributed by atoms with Gasteiger partial charge in [-0.3, -0.25) is 4.79 Å². The van der Waals surface area contributed by atoms with Crippen LogP contribution in [0.2, 0.25) is 0 Å². The Kier molecular flexibility index (Phi) is 6.26. The topological polar surface area (TPSA) is 103 Å². The SMILES string of the molecule is CNC(=O)c1sc(NCCCOC)c(C(=O)OC)c1N. The number of nitrogens with one attached hydrogen (secondary N) is 2. The van der Waals surface area contributed by atoms with Gasteiger partial charge in [0.1, 0.15) is 15.4 Å². The van der Waals surface area contributed by atoms with E-state index in [1.807, 2.05) is 0 Å². The second-order valence-electron chi connectivity index (χ2n) is 3.89. The highest BCUT2D eigenvalue weighted by atomic mass is 32.1. The van der Waals surface area contributed by atoms with Crippen molar-refractivity contribution in [3.63, 3.8) is 0 Å². The third-order valence-corrected chi connectivity index (χ3v) is 3.74. The van der Waals surface area contributed by atoms with E-state index in [0.717, 1.165) is 17.8 Å². The van der Waals surface area contributed by atoms with Crippen molar-refractivity contribution in [1.29, 1.82) is 0 Å². The van der Waals surface area contributed by atoms with Crippen LogP contribution in [-0.4, -0.2) is 46.3 Å². The Bertz CT molecular complexity index is 487. The zero-order chi connectivity index (χ0) is 15.1. The molecule has 1 amide bonds. The molecular formula is C12H19N3O4S. The normalized spacial score (nSPS) is 10.2. The predicted octanol–water partition coefficient (Wildman–Crippen LogP) is 0.925. The van der Waals surface area contributed by atoms with Crippen LogP contribution in [0.3, 0.4) is 0 Å². The molecule has 4 N–H and O–H groups in total. The van der Waals surface area contributed by atoms with Crippen LogP contribution in [0.1, 0.15) is 26.5 Å². The second kappa shape index (κ2) is 7.71. The largest absolute Gasteiger partial charge is 0.465 e. The number of methoxy groups -OCH3 is 2. The molecule has 0 aliphatic carbocycles. The van der Waals surface area contributed by atoms with Gasteiger partial charge in [0.15, 0.2) is 0 Å². The molecule has 1 heterocycles. The van der Waals surface area contributed by atoms with E-state index in [0.29, 0.717) is 23.0 Å². The smallest absolute Gasteiger partial charge is 0.343 e. The number of thiophene rings is 1. The summed E-state index contributed by atoms with van der Waals surface area (Å²) in [5.41, 5.74) is 6.21. The molecule has 1 aromatic rings. The predicted molar refractivity (Wildman–Crippen MR) is 78.4 cm³/mol. The van der Waals surface area contributed by atoms with E-state index in [9.17, 15) is 9.59 Å². The number of nitrogens with two attached hydrogens (primary N) is 1. The summed E-state index contributed by atoms with van der Waals surface area (Å²) in [4.78, 5) is 23.8. The number of hydrogen-bond donors (Lipinski definition) is 3. The molecule has 0 unspecified atom stereocenters. The second-order valence-corrected chi connectivity index (χ2v) is 4.91. The highest BCUT2D eigenvalue weighted by Gasteiger charge is 2.25. The van der Waals surface area contributed by atoms with Gasteiger partial charge in [-0.15, -0.1) is 11.3 Å². The van der Waals surface area contributed by atoms with Crippen LogP contribution in [0.15, 0.2) is 0 Å². The third-order valence-electron chi connectivity index (χ3n) is 2.58. The summed E-state index contributed by atoms with van der Waals surface area (Å²) < 4.78 is 9.65. The molecule has 0 aliphatic rings. The molecular weight excluding hydrogens is 282 g/mol. The van der Waals surface area contributed by atoms with Crippen LogP contribution < -0.4 is 16.4 Å². The Labute approximate surface area is 121 Å². The number of carbonyl (C=O) groups is 2. The van der Waals surface area contributed by atoms with Gasteiger partial charge in [0.05, 0.1) is 12.8 Å². The number of rotatable bonds is 7. The first-order valence-corrected chi connectivity index (χ1v) is 6.83. The molecule has 0 fully saturated rings. The first kappa shape index (κ1) is 16.3. The highest BCUT2D eigenvalue weighted by Crippen LogP contribution is 2.36. The summed E-state index contributed by atoms with van der Waals surface area (Å²) in [5.74, 6) is -0.897. The summed E-state index contributed by atoms with van der Waals surface area (Å²) in [6, 6.07) is 0. The maximum absolute atomic E-state index is 11.8. The minimum absolute atomic E-state index is 0.135. The number of hydrogen-bond acceptors (Lipinski definition) is 7. The molecule has 1 aromatic heterocycles. The summed E-state index contributed by atoms with van der Waals surface area (Å²) in [5, 5.41) is 6.10. The van der Waals surface area contributed by atoms with Crippen LogP contribution >= 0.6 is 11.3 Å². The molecule has 1 rings (SSSR count). The molecule has 0 atom stereocenters. The molecule has 0 radical (unpaired) electrons. The summed E-state index contributed by atoms with van der Waals surface area (Å²) in [7, 11) is 4.39. The quantitative estimate of drug-likeness (QED) is 0.511. The number of amides is 1. The number of nitrogen functional groups attached to an aromatic ring is 1. The van der Waals surface area contributed by atoms with Gasteiger partial charge in [-0.25, -0.2) is 4.79 Å². The standard InChI is InChI=1S/C12H19N3O4S/c1-14-10(16)9-8(13)7(12(17)19-3)11(20-9)15-5-4-6-18-2/h15H,4-6,13H2,1-3H3,(H,14,16). The lowest BCUT2D eigenvalue weighted by atomic mass is 10.2. The fourth-order valence-electron chi connectivity index (χ4n) is 1.57. The van der Waals surface area contributed by atoms with Gasteiger partial charge < -0.3 is 25.8 Å². The van der Waals surface area contributed by atoms with Crippen LogP contribution in [0.25, 0.3) is 0 Å². The molecule has 0 saturated heterocycles. The van der Waals surface area contributed by atoms with E-state index < -0.39 is 5.97 Å². The average Bonchev–Trinajstić information content (AvgIpc) is 2.79. The van der Waals surface area contributed by atoms with Gasteiger partial charge in [0.25, 0.3) is 5.91 Å². The van der Waals surface area contributed by atoms with Crippen LogP contribution in [-0.2, 0) is 9.47 Å². The Hall–Kier alpha value is -1.80. The lowest BCUT2D eigenvalue weighted by molar-refractivity contribution is 0.0603. The molecule has 8 heteroatoms. The maximum Gasteiger partial charge on any atom is 0.343 e. The van der Waals surface area contributed by atoms with E-state index >= 15 is 0 Å². The first-order valence-electron chi connectivity index (χ1n) is 6.02. The maximum atomic E-state index is 11.8. The lowest BCUT2D eigenvalue weighted by Crippen LogP contribution is -2.18. The zero-order valence-electron chi connectivity index (χ0n) is 11.7. The molecule has 0 aromatic carbocycles. The van der Waals surface area contributed by atoms with Crippen LogP contribution in [0, 0.1) is 0 Å². The van der Waals surface area contributed by atoms with Crippen LogP contribution in [0.4, 0.5) is 10.7 Å². The third kappa shape index (κ3) is 3.61. The summed E-state index contributed by atoms with van der Waals surface area (Å²) in [6.07, 6.45) is 0.768. The number of anilines is 2. The molecule has 7 nitrogen and oxygen atoms in total. The molecule has 20 heavy (non-hydrogen) atoms. The Morgan fingerprint density at radius 2 is 2.05 bits per heavy atom. The monoisotopic (exact) mass is 301 g/mol. The van der Waals surface area contributed by atoms with E-state index in [2.05, 4.69) is 10.6 Å². The molecule has 112 valence electrons. The van der Waals surface area contributed by atoms with Crippen molar-refractivity contribution in [3.05, 3.63) is 10.4 Å². The van der Waals surface area contributed by atoms with E-state index in [4.69, 9.17) is 15.2 Å². The minimum atomic E-state index is -0.567. The average molecular weight is 301 g/mol. The molecule has 0 spiro atoms. The van der Waals surface area contributed by atoms with Gasteiger partial charge in [0, 0.05) is 27.3 Å². The fraction of sp³-hybridized carbons (Fsp3) is 0.500. The molecule has 0 saturated carbocycles. The fourth-order valence-corrected chi connectivity index (χ4v) is 2.65. The minimum Gasteiger partial charge on any atom is -0.465 e. The van der Waals surface area contributed by atoms with Crippen molar-refractivity contribution in [1.82, 2.24) is 5.32 Å². The van der Waals surface area contributed by atoms with Crippen molar-refractivity contribution in [2.24, 2.45) is 0 Å². The van der Waals surface area contributed by atoms with Gasteiger partial charge in [0.2, 0.25) is 0 Å². The van der Waals surface area contributed by atoms with Gasteiger partial charge >= 0.3 is 5.97 Å². The Morgan fingerprint density at radius 3 is 2.60 bits per heavy atom. The number of ether oxygens (including phenoxy) is 2. The van der Waals surface area contributed by atoms with Crippen molar-refractivity contribution in [3.8, 4) is 0 Å². The van der Waals surface area contributed by atoms with E-state index in [-0.39, 0.29) is 17.2 Å². The van der Waals surface area contributed by atoms with Gasteiger partial charge in [-0.1, -0.05) is 0 Å². The summed E-state index contributed by atoms with van der Waals surface area (Å²) in [6.45, 7) is 1.20. The van der Waals surface area contributed by atoms with Crippen molar-refractivity contribution in [2.45, 2.75) is 6.42 Å². The van der Waals surface area contributed by atoms with E-state index in [1.54, 1.807) is 7.11 Å². The van der Waals surface area contributed by atoms with Crippen LogP contribution in [0.5, 0.6) is 0 Å². The first-order chi connectivity index (χ1) is 9.56. The van der Waals surface area contributed by atoms with Gasteiger partial charge in [-0.05, 0) is 6.42 Å². The number of carbonyl (C=O) groups excluding carboxylic acids is 2. The molecule has 0 bridgehead atoms. The lowest BCUT2D eigenvalue weighted by Gasteiger charge is -2.06. The Balaban J connectivity index is 3.01. The zero-order valence-corrected chi connectivity index (χ0v) is 12.6. The summed E-state index contributed by atoms with van der Waals surface area (Å²) >= 11 is 1.13.